The highest BCUT2D eigenvalue weighted by Gasteiger charge is 2.39. The van der Waals surface area contributed by atoms with E-state index in [1.807, 2.05) is 36.4 Å². The molecule has 1 unspecified atom stereocenters. The Bertz CT molecular complexity index is 1240. The van der Waals surface area contributed by atoms with Gasteiger partial charge in [-0.3, -0.25) is 19.8 Å². The number of carbonyl (C=O) groups is 1. The van der Waals surface area contributed by atoms with Gasteiger partial charge in [0.05, 0.1) is 36.8 Å². The summed E-state index contributed by atoms with van der Waals surface area (Å²) < 4.78 is 16.4. The van der Waals surface area contributed by atoms with Crippen LogP contribution in [0.2, 0.25) is 0 Å². The van der Waals surface area contributed by atoms with Crippen LogP contribution in [-0.2, 0) is 4.79 Å². The van der Waals surface area contributed by atoms with Crippen molar-refractivity contribution < 1.29 is 23.9 Å². The molecule has 9 heteroatoms. The largest absolute Gasteiger partial charge is 0.493 e. The molecule has 0 spiro atoms. The number of nitro groups is 1. The number of carbonyl (C=O) groups excluding carboxylic acids is 1. The van der Waals surface area contributed by atoms with E-state index in [2.05, 4.69) is 0 Å². The van der Waals surface area contributed by atoms with Crippen molar-refractivity contribution in [2.75, 3.05) is 26.2 Å². The normalized spacial score (nSPS) is 16.6. The highest BCUT2D eigenvalue weighted by molar-refractivity contribution is 8.05. The molecule has 1 saturated heterocycles. The number of amides is 1. The Balaban J connectivity index is 1.86. The number of non-ortho nitro benzene ring substituents is 1. The Labute approximate surface area is 200 Å². The highest BCUT2D eigenvalue weighted by atomic mass is 32.2. The van der Waals surface area contributed by atoms with Gasteiger partial charge in [-0.05, 0) is 35.4 Å². The van der Waals surface area contributed by atoms with E-state index in [4.69, 9.17) is 14.2 Å². The number of hydrogen-bond donors (Lipinski definition) is 0. The zero-order valence-corrected chi connectivity index (χ0v) is 19.6. The third kappa shape index (κ3) is 4.42. The fraction of sp³-hybridized carbons (Fsp3) is 0.160. The molecule has 8 nitrogen and oxygen atoms in total. The molecule has 0 bridgehead atoms. The number of anilines is 1. The summed E-state index contributed by atoms with van der Waals surface area (Å²) in [6, 6.07) is 19.1. The lowest BCUT2D eigenvalue weighted by Crippen LogP contribution is -2.27. The molecule has 1 fully saturated rings. The number of rotatable bonds is 7. The minimum absolute atomic E-state index is 0.0977. The molecule has 174 valence electrons. The quantitative estimate of drug-likeness (QED) is 0.254. The van der Waals surface area contributed by atoms with Crippen molar-refractivity contribution in [1.82, 2.24) is 0 Å². The summed E-state index contributed by atoms with van der Waals surface area (Å²) in [7, 11) is 4.56. The van der Waals surface area contributed by atoms with Gasteiger partial charge in [0.25, 0.3) is 11.6 Å². The van der Waals surface area contributed by atoms with Crippen LogP contribution in [0.5, 0.6) is 17.2 Å². The first kappa shape index (κ1) is 23.2. The van der Waals surface area contributed by atoms with Gasteiger partial charge in [0.1, 0.15) is 5.37 Å². The fourth-order valence-electron chi connectivity index (χ4n) is 3.72. The summed E-state index contributed by atoms with van der Waals surface area (Å²) in [6.45, 7) is 0. The number of methoxy groups -OCH3 is 3. The summed E-state index contributed by atoms with van der Waals surface area (Å²) in [4.78, 5) is 26.5. The Morgan fingerprint density at radius 3 is 2.21 bits per heavy atom. The van der Waals surface area contributed by atoms with E-state index in [-0.39, 0.29) is 11.6 Å². The summed E-state index contributed by atoms with van der Waals surface area (Å²) in [5, 5.41) is 10.9. The van der Waals surface area contributed by atoms with Crippen LogP contribution >= 0.6 is 11.8 Å². The molecule has 3 aromatic carbocycles. The molecule has 3 aromatic rings. The lowest BCUT2D eigenvalue weighted by Gasteiger charge is -2.25. The summed E-state index contributed by atoms with van der Waals surface area (Å²) in [6.07, 6.45) is 1.81. The molecule has 1 amide bonds. The predicted octanol–water partition coefficient (Wildman–Crippen LogP) is 5.44. The zero-order valence-electron chi connectivity index (χ0n) is 18.8. The molecule has 1 heterocycles. The number of nitro benzene ring substituents is 1. The van der Waals surface area contributed by atoms with Crippen molar-refractivity contribution >= 4 is 35.1 Å². The Hall–Kier alpha value is -3.98. The molecule has 0 saturated carbocycles. The van der Waals surface area contributed by atoms with E-state index in [0.717, 1.165) is 11.1 Å². The second-order valence-electron chi connectivity index (χ2n) is 7.30. The van der Waals surface area contributed by atoms with Gasteiger partial charge >= 0.3 is 0 Å². The van der Waals surface area contributed by atoms with Crippen molar-refractivity contribution in [1.29, 1.82) is 0 Å². The first-order valence-corrected chi connectivity index (χ1v) is 11.2. The van der Waals surface area contributed by atoms with Gasteiger partial charge in [0.2, 0.25) is 5.75 Å². The molecule has 0 radical (unpaired) electrons. The van der Waals surface area contributed by atoms with Gasteiger partial charge in [-0.15, -0.1) is 0 Å². The number of hydrogen-bond acceptors (Lipinski definition) is 7. The van der Waals surface area contributed by atoms with Crippen molar-refractivity contribution in [2.24, 2.45) is 0 Å². The minimum atomic E-state index is -0.516. The average molecular weight is 479 g/mol. The maximum absolute atomic E-state index is 13.6. The summed E-state index contributed by atoms with van der Waals surface area (Å²) >= 11 is 1.35. The smallest absolute Gasteiger partial charge is 0.271 e. The molecule has 1 aliphatic rings. The van der Waals surface area contributed by atoms with Crippen LogP contribution in [0.15, 0.2) is 71.6 Å². The van der Waals surface area contributed by atoms with Crippen LogP contribution in [0.3, 0.4) is 0 Å². The first-order chi connectivity index (χ1) is 16.5. The van der Waals surface area contributed by atoms with Gasteiger partial charge in [-0.2, -0.15) is 0 Å². The van der Waals surface area contributed by atoms with Gasteiger partial charge < -0.3 is 14.2 Å². The van der Waals surface area contributed by atoms with Gasteiger partial charge in [0, 0.05) is 12.1 Å². The molecule has 34 heavy (non-hydrogen) atoms. The van der Waals surface area contributed by atoms with E-state index in [0.29, 0.717) is 27.8 Å². The van der Waals surface area contributed by atoms with E-state index in [9.17, 15) is 14.9 Å². The lowest BCUT2D eigenvalue weighted by atomic mass is 10.1. The Morgan fingerprint density at radius 1 is 0.941 bits per heavy atom. The first-order valence-electron chi connectivity index (χ1n) is 10.3. The molecule has 0 N–H and O–H groups in total. The molecule has 1 aliphatic heterocycles. The van der Waals surface area contributed by atoms with Crippen LogP contribution in [0.25, 0.3) is 6.08 Å². The highest BCUT2D eigenvalue weighted by Crippen LogP contribution is 2.51. The predicted molar refractivity (Wildman–Crippen MR) is 131 cm³/mol. The maximum Gasteiger partial charge on any atom is 0.271 e. The van der Waals surface area contributed by atoms with Crippen LogP contribution < -0.4 is 19.1 Å². The topological polar surface area (TPSA) is 91.1 Å². The van der Waals surface area contributed by atoms with Crippen molar-refractivity contribution in [3.05, 3.63) is 92.9 Å². The second kappa shape index (κ2) is 9.88. The molecule has 4 rings (SSSR count). The number of ether oxygens (including phenoxy) is 3. The van der Waals surface area contributed by atoms with Crippen LogP contribution in [0, 0.1) is 10.1 Å². The third-order valence-electron chi connectivity index (χ3n) is 5.29. The van der Waals surface area contributed by atoms with Crippen LogP contribution in [0.4, 0.5) is 11.4 Å². The second-order valence-corrected chi connectivity index (χ2v) is 8.42. The Kier molecular flexibility index (Phi) is 6.74. The Morgan fingerprint density at radius 2 is 1.62 bits per heavy atom. The molecule has 1 atom stereocenters. The van der Waals surface area contributed by atoms with E-state index in [1.165, 1.54) is 45.2 Å². The fourth-order valence-corrected chi connectivity index (χ4v) is 4.95. The number of benzene rings is 3. The van der Waals surface area contributed by atoms with Gasteiger partial charge in [-0.25, -0.2) is 0 Å². The zero-order chi connectivity index (χ0) is 24.2. The molecule has 0 aromatic heterocycles. The van der Waals surface area contributed by atoms with Gasteiger partial charge in [-0.1, -0.05) is 48.2 Å². The van der Waals surface area contributed by atoms with E-state index < -0.39 is 10.3 Å². The van der Waals surface area contributed by atoms with E-state index >= 15 is 0 Å². The van der Waals surface area contributed by atoms with Crippen molar-refractivity contribution in [3.63, 3.8) is 0 Å². The maximum atomic E-state index is 13.6. The summed E-state index contributed by atoms with van der Waals surface area (Å²) in [5.41, 5.74) is 1.92. The minimum Gasteiger partial charge on any atom is -0.493 e. The van der Waals surface area contributed by atoms with Crippen LogP contribution in [-0.4, -0.2) is 32.2 Å². The monoisotopic (exact) mass is 478 g/mol. The SMILES string of the molecule is COc1cc(C2S/C(=C/c3ccccc3)C(=O)N2c2cccc([N+](=O)[O-])c2)cc(OC)c1OC. The van der Waals surface area contributed by atoms with Gasteiger partial charge in [0.15, 0.2) is 11.5 Å². The molecular weight excluding hydrogens is 456 g/mol. The lowest BCUT2D eigenvalue weighted by molar-refractivity contribution is -0.384. The van der Waals surface area contributed by atoms with Crippen LogP contribution in [0.1, 0.15) is 16.5 Å². The number of thioether (sulfide) groups is 1. The molecule has 0 aliphatic carbocycles. The standard InChI is InChI=1S/C25H22N2O6S/c1-31-20-13-17(14-21(32-2)23(20)33-3)25-26(18-10-7-11-19(15-18)27(29)30)24(28)22(34-25)12-16-8-5-4-6-9-16/h4-15,25H,1-3H3/b22-12+. The van der Waals surface area contributed by atoms with Crippen molar-refractivity contribution in [2.45, 2.75) is 5.37 Å². The summed E-state index contributed by atoms with van der Waals surface area (Å²) in [5.74, 6) is 1.08. The van der Waals surface area contributed by atoms with Crippen molar-refractivity contribution in [3.8, 4) is 17.2 Å². The molecular formula is C25H22N2O6S. The average Bonchev–Trinajstić information content (AvgIpc) is 3.19. The van der Waals surface area contributed by atoms with E-state index in [1.54, 1.807) is 29.2 Å². The number of nitrogens with zero attached hydrogens (tertiary/aromatic N) is 2. The third-order valence-corrected chi connectivity index (χ3v) is 6.54.